The third kappa shape index (κ3) is 4.04. The molecule has 2 aromatic heterocycles. The van der Waals surface area contributed by atoms with Crippen molar-refractivity contribution in [3.63, 3.8) is 0 Å². The van der Waals surface area contributed by atoms with Gasteiger partial charge in [-0.2, -0.15) is 5.10 Å². The van der Waals surface area contributed by atoms with Gasteiger partial charge in [0.25, 0.3) is 5.91 Å². The molecule has 33 heavy (non-hydrogen) atoms. The van der Waals surface area contributed by atoms with Gasteiger partial charge in [-0.1, -0.05) is 41.0 Å². The number of aromatic nitrogens is 3. The first-order valence-corrected chi connectivity index (χ1v) is 10.4. The van der Waals surface area contributed by atoms with Crippen LogP contribution in [0.4, 0.5) is 0 Å². The van der Waals surface area contributed by atoms with Crippen LogP contribution < -0.4 is 5.32 Å². The molecular weight excluding hydrogens is 444 g/mol. The summed E-state index contributed by atoms with van der Waals surface area (Å²) in [4.78, 5) is 24.2. The van der Waals surface area contributed by atoms with Crippen LogP contribution in [0, 0.1) is 0 Å². The lowest BCUT2D eigenvalue weighted by Crippen LogP contribution is -2.23. The number of benzene rings is 3. The highest BCUT2D eigenvalue weighted by atomic mass is 35.5. The first-order valence-electron chi connectivity index (χ1n) is 10.1. The molecule has 2 heterocycles. The largest absolute Gasteiger partial charge is 0.478 e. The predicted octanol–water partition coefficient (Wildman–Crippen LogP) is 4.51. The van der Waals surface area contributed by atoms with E-state index >= 15 is 0 Å². The summed E-state index contributed by atoms with van der Waals surface area (Å²) in [7, 11) is 0. The lowest BCUT2D eigenvalue weighted by molar-refractivity contribution is 0.0696. The molecular formula is C24H17ClN4O4. The van der Waals surface area contributed by atoms with E-state index in [0.29, 0.717) is 28.2 Å². The van der Waals surface area contributed by atoms with Gasteiger partial charge in [-0.05, 0) is 41.5 Å². The van der Waals surface area contributed by atoms with Crippen molar-refractivity contribution in [3.8, 4) is 0 Å². The summed E-state index contributed by atoms with van der Waals surface area (Å²) in [5.41, 5.74) is 3.45. The van der Waals surface area contributed by atoms with Crippen LogP contribution in [-0.2, 0) is 13.1 Å². The molecule has 0 spiro atoms. The second-order valence-corrected chi connectivity index (χ2v) is 7.98. The van der Waals surface area contributed by atoms with E-state index in [-0.39, 0.29) is 18.0 Å². The van der Waals surface area contributed by atoms with Crippen LogP contribution in [0.2, 0.25) is 5.02 Å². The first kappa shape index (κ1) is 20.7. The second kappa shape index (κ2) is 8.40. The number of rotatable bonds is 6. The minimum absolute atomic E-state index is 0.187. The molecule has 5 rings (SSSR count). The zero-order valence-corrected chi connectivity index (χ0v) is 17.9. The third-order valence-corrected chi connectivity index (χ3v) is 5.61. The third-order valence-electron chi connectivity index (χ3n) is 5.38. The van der Waals surface area contributed by atoms with Crippen molar-refractivity contribution < 1.29 is 19.2 Å². The van der Waals surface area contributed by atoms with Crippen LogP contribution in [-0.4, -0.2) is 31.9 Å². The number of fused-ring (bicyclic) bond motifs is 3. The molecule has 2 N–H and O–H groups in total. The van der Waals surface area contributed by atoms with Crippen LogP contribution >= 0.6 is 11.6 Å². The van der Waals surface area contributed by atoms with Gasteiger partial charge >= 0.3 is 5.97 Å². The molecule has 9 heteroatoms. The summed E-state index contributed by atoms with van der Waals surface area (Å²) < 4.78 is 7.07. The van der Waals surface area contributed by atoms with Gasteiger partial charge in [0.2, 0.25) is 0 Å². The van der Waals surface area contributed by atoms with E-state index in [1.165, 1.54) is 12.1 Å². The zero-order chi connectivity index (χ0) is 22.9. The lowest BCUT2D eigenvalue weighted by atomic mass is 10.1. The highest BCUT2D eigenvalue weighted by Gasteiger charge is 2.20. The molecule has 0 aliphatic rings. The molecule has 0 saturated carbocycles. The lowest BCUT2D eigenvalue weighted by Gasteiger charge is -2.10. The molecule has 0 radical (unpaired) electrons. The van der Waals surface area contributed by atoms with Gasteiger partial charge in [-0.15, -0.1) is 0 Å². The van der Waals surface area contributed by atoms with Crippen molar-refractivity contribution in [2.75, 3.05) is 0 Å². The number of carboxylic acid groups (broad SMARTS) is 1. The van der Waals surface area contributed by atoms with Gasteiger partial charge in [0.1, 0.15) is 0 Å². The van der Waals surface area contributed by atoms with E-state index in [9.17, 15) is 9.59 Å². The van der Waals surface area contributed by atoms with E-state index in [2.05, 4.69) is 15.6 Å². The molecule has 0 aliphatic heterocycles. The average molecular weight is 461 g/mol. The Hall–Kier alpha value is -4.17. The van der Waals surface area contributed by atoms with E-state index in [0.717, 1.165) is 21.9 Å². The van der Waals surface area contributed by atoms with E-state index in [4.69, 9.17) is 21.2 Å². The Labute approximate surface area is 192 Å². The Morgan fingerprint density at radius 2 is 1.85 bits per heavy atom. The predicted molar refractivity (Wildman–Crippen MR) is 122 cm³/mol. The normalized spacial score (nSPS) is 11.2. The van der Waals surface area contributed by atoms with Crippen LogP contribution in [0.25, 0.3) is 21.9 Å². The van der Waals surface area contributed by atoms with Crippen molar-refractivity contribution in [2.24, 2.45) is 0 Å². The number of amides is 1. The standard InChI is InChI=1S/C24H17ClN4O4/c25-17-3-1-2-15(8-17)13-29-22-18(9-21-19(12-28-33-21)20(22)11-27-29)23(30)26-10-14-4-6-16(7-5-14)24(31)32/h1-9,11-12H,10,13H2,(H,26,30)(H,31,32). The number of halogens is 1. The fourth-order valence-electron chi connectivity index (χ4n) is 3.76. The Morgan fingerprint density at radius 1 is 1.03 bits per heavy atom. The molecule has 0 fully saturated rings. The highest BCUT2D eigenvalue weighted by molar-refractivity contribution is 6.30. The summed E-state index contributed by atoms with van der Waals surface area (Å²) in [6, 6.07) is 15.5. The van der Waals surface area contributed by atoms with E-state index in [1.54, 1.807) is 41.3 Å². The molecule has 0 atom stereocenters. The quantitative estimate of drug-likeness (QED) is 0.386. The van der Waals surface area contributed by atoms with Gasteiger partial charge in [0, 0.05) is 17.0 Å². The van der Waals surface area contributed by atoms with Crippen LogP contribution in [0.1, 0.15) is 31.8 Å². The van der Waals surface area contributed by atoms with Gasteiger partial charge in [-0.25, -0.2) is 4.79 Å². The number of carbonyl (C=O) groups excluding carboxylic acids is 1. The number of aromatic carboxylic acids is 1. The van der Waals surface area contributed by atoms with Crippen LogP contribution in [0.15, 0.2) is 71.5 Å². The monoisotopic (exact) mass is 460 g/mol. The maximum Gasteiger partial charge on any atom is 0.335 e. The van der Waals surface area contributed by atoms with Crippen molar-refractivity contribution in [3.05, 3.63) is 94.3 Å². The van der Waals surface area contributed by atoms with E-state index in [1.807, 2.05) is 18.2 Å². The molecule has 0 unspecified atom stereocenters. The van der Waals surface area contributed by atoms with Crippen molar-refractivity contribution in [1.82, 2.24) is 20.3 Å². The number of nitrogens with one attached hydrogen (secondary N) is 1. The second-order valence-electron chi connectivity index (χ2n) is 7.54. The maximum atomic E-state index is 13.2. The minimum Gasteiger partial charge on any atom is -0.478 e. The van der Waals surface area contributed by atoms with Crippen molar-refractivity contribution >= 4 is 45.3 Å². The molecule has 164 valence electrons. The Balaban J connectivity index is 1.49. The van der Waals surface area contributed by atoms with Gasteiger partial charge < -0.3 is 14.9 Å². The van der Waals surface area contributed by atoms with Crippen molar-refractivity contribution in [1.29, 1.82) is 0 Å². The van der Waals surface area contributed by atoms with Crippen molar-refractivity contribution in [2.45, 2.75) is 13.1 Å². The Kier molecular flexibility index (Phi) is 5.27. The molecule has 0 aliphatic carbocycles. The van der Waals surface area contributed by atoms with Gasteiger partial charge in [-0.3, -0.25) is 9.48 Å². The number of hydrogen-bond donors (Lipinski definition) is 2. The SMILES string of the molecule is O=C(O)c1ccc(CNC(=O)c2cc3oncc3c3cnn(Cc4cccc(Cl)c4)c23)cc1. The topological polar surface area (TPSA) is 110 Å². The summed E-state index contributed by atoms with van der Waals surface area (Å²) in [5, 5.41) is 22.4. The maximum absolute atomic E-state index is 13.2. The summed E-state index contributed by atoms with van der Waals surface area (Å²) in [6.45, 7) is 0.662. The van der Waals surface area contributed by atoms with Crippen LogP contribution in [0.3, 0.4) is 0 Å². The highest BCUT2D eigenvalue weighted by Crippen LogP contribution is 2.29. The number of hydrogen-bond acceptors (Lipinski definition) is 5. The van der Waals surface area contributed by atoms with E-state index < -0.39 is 5.97 Å². The van der Waals surface area contributed by atoms with Gasteiger partial charge in [0.05, 0.1) is 41.0 Å². The molecule has 1 amide bonds. The molecule has 3 aromatic carbocycles. The van der Waals surface area contributed by atoms with Gasteiger partial charge in [0.15, 0.2) is 5.58 Å². The molecule has 8 nitrogen and oxygen atoms in total. The van der Waals surface area contributed by atoms with Crippen LogP contribution in [0.5, 0.6) is 0 Å². The minimum atomic E-state index is -0.999. The summed E-state index contributed by atoms with van der Waals surface area (Å²) in [5.74, 6) is -1.31. The average Bonchev–Trinajstić information content (AvgIpc) is 3.44. The molecule has 0 saturated heterocycles. The first-order chi connectivity index (χ1) is 16.0. The number of carboxylic acids is 1. The number of carbonyl (C=O) groups is 2. The summed E-state index contributed by atoms with van der Waals surface area (Å²) >= 11 is 6.13. The fraction of sp³-hybridized carbons (Fsp3) is 0.0833. The smallest absolute Gasteiger partial charge is 0.335 e. The molecule has 0 bridgehead atoms. The fourth-order valence-corrected chi connectivity index (χ4v) is 3.98. The zero-order valence-electron chi connectivity index (χ0n) is 17.2. The summed E-state index contributed by atoms with van der Waals surface area (Å²) in [6.07, 6.45) is 3.30. The molecule has 5 aromatic rings. The number of nitrogens with zero attached hydrogens (tertiary/aromatic N) is 3. The Morgan fingerprint density at radius 3 is 2.61 bits per heavy atom. The Bertz CT molecular complexity index is 1500.